The van der Waals surface area contributed by atoms with Crippen LogP contribution in [0.3, 0.4) is 0 Å². The van der Waals surface area contributed by atoms with E-state index in [9.17, 15) is 9.18 Å². The minimum atomic E-state index is -0.309. The molecule has 0 bridgehead atoms. The lowest BCUT2D eigenvalue weighted by Gasteiger charge is -2.29. The van der Waals surface area contributed by atoms with Gasteiger partial charge < -0.3 is 19.4 Å². The third-order valence-corrected chi connectivity index (χ3v) is 5.24. The van der Waals surface area contributed by atoms with Gasteiger partial charge in [0.25, 0.3) is 5.91 Å². The Kier molecular flexibility index (Phi) is 4.26. The molecule has 2 aromatic carbocycles. The number of fused-ring (bicyclic) bond motifs is 2. The van der Waals surface area contributed by atoms with Crippen LogP contribution in [0.5, 0.6) is 11.5 Å². The summed E-state index contributed by atoms with van der Waals surface area (Å²) >= 11 is 0. The zero-order valence-corrected chi connectivity index (χ0v) is 15.6. The Morgan fingerprint density at radius 1 is 1.11 bits per heavy atom. The monoisotopic (exact) mass is 368 g/mol. The summed E-state index contributed by atoms with van der Waals surface area (Å²) in [4.78, 5) is 18.1. The minimum Gasteiger partial charge on any atom is -0.493 e. The first-order chi connectivity index (χ1) is 13.0. The van der Waals surface area contributed by atoms with Crippen molar-refractivity contribution in [1.29, 1.82) is 0 Å². The third kappa shape index (κ3) is 2.91. The van der Waals surface area contributed by atoms with Gasteiger partial charge in [-0.2, -0.15) is 0 Å². The van der Waals surface area contributed by atoms with E-state index in [4.69, 9.17) is 9.47 Å². The highest BCUT2D eigenvalue weighted by Gasteiger charge is 2.26. The minimum absolute atomic E-state index is 0.0791. The number of carbonyl (C=O) groups excluding carboxylic acids is 1. The quantitative estimate of drug-likeness (QED) is 0.764. The van der Waals surface area contributed by atoms with Gasteiger partial charge in [0.2, 0.25) is 0 Å². The maximum atomic E-state index is 13.5. The largest absolute Gasteiger partial charge is 0.493 e. The van der Waals surface area contributed by atoms with Gasteiger partial charge in [0, 0.05) is 24.0 Å². The number of methoxy groups -OCH3 is 2. The Labute approximate surface area is 156 Å². The predicted molar refractivity (Wildman–Crippen MR) is 101 cm³/mol. The highest BCUT2D eigenvalue weighted by atomic mass is 19.1. The summed E-state index contributed by atoms with van der Waals surface area (Å²) in [6.45, 7) is 2.96. The number of hydrogen-bond donors (Lipinski definition) is 1. The van der Waals surface area contributed by atoms with E-state index in [1.807, 2.05) is 24.0 Å². The summed E-state index contributed by atoms with van der Waals surface area (Å²) in [5, 5.41) is 0.738. The second-order valence-corrected chi connectivity index (χ2v) is 6.77. The first-order valence-corrected chi connectivity index (χ1v) is 8.82. The van der Waals surface area contributed by atoms with Crippen molar-refractivity contribution in [3.05, 3.63) is 58.5 Å². The lowest BCUT2D eigenvalue weighted by Crippen LogP contribution is -2.36. The van der Waals surface area contributed by atoms with E-state index in [-0.39, 0.29) is 11.7 Å². The van der Waals surface area contributed by atoms with Gasteiger partial charge in [-0.15, -0.1) is 0 Å². The van der Waals surface area contributed by atoms with Crippen LogP contribution < -0.4 is 9.47 Å². The van der Waals surface area contributed by atoms with Gasteiger partial charge >= 0.3 is 0 Å². The first-order valence-electron chi connectivity index (χ1n) is 8.82. The van der Waals surface area contributed by atoms with Crippen LogP contribution in [0.25, 0.3) is 10.9 Å². The molecule has 1 aliphatic heterocycles. The van der Waals surface area contributed by atoms with E-state index in [0.29, 0.717) is 30.3 Å². The molecule has 1 aromatic heterocycles. The summed E-state index contributed by atoms with van der Waals surface area (Å²) in [7, 11) is 3.22. The fraction of sp³-hybridized carbons (Fsp3) is 0.286. The number of H-pyrrole nitrogens is 1. The number of aromatic nitrogens is 1. The summed E-state index contributed by atoms with van der Waals surface area (Å²) in [5.41, 5.74) is 4.26. The molecule has 0 saturated carbocycles. The highest BCUT2D eigenvalue weighted by Crippen LogP contribution is 2.34. The van der Waals surface area contributed by atoms with E-state index in [1.54, 1.807) is 20.3 Å². The Balaban J connectivity index is 1.66. The maximum Gasteiger partial charge on any atom is 0.270 e. The number of ether oxygens (including phenoxy) is 2. The summed E-state index contributed by atoms with van der Waals surface area (Å²) in [6, 6.07) is 8.43. The molecule has 4 rings (SSSR count). The van der Waals surface area contributed by atoms with Crippen LogP contribution in [0.15, 0.2) is 30.3 Å². The first kappa shape index (κ1) is 17.4. The van der Waals surface area contributed by atoms with Crippen LogP contribution >= 0.6 is 0 Å². The van der Waals surface area contributed by atoms with Crippen molar-refractivity contribution in [2.24, 2.45) is 0 Å². The molecule has 0 radical (unpaired) electrons. The molecule has 1 N–H and O–H groups in total. The average molecular weight is 368 g/mol. The van der Waals surface area contributed by atoms with Crippen molar-refractivity contribution >= 4 is 16.8 Å². The molecule has 6 heteroatoms. The molecule has 0 aliphatic carbocycles. The van der Waals surface area contributed by atoms with Crippen LogP contribution in [0, 0.1) is 12.7 Å². The van der Waals surface area contributed by atoms with Crippen molar-refractivity contribution in [3.8, 4) is 11.5 Å². The Hall–Kier alpha value is -3.02. The lowest BCUT2D eigenvalue weighted by atomic mass is 9.98. The van der Waals surface area contributed by atoms with Crippen molar-refractivity contribution in [2.45, 2.75) is 19.9 Å². The third-order valence-electron chi connectivity index (χ3n) is 5.24. The van der Waals surface area contributed by atoms with E-state index >= 15 is 0 Å². The molecule has 0 spiro atoms. The van der Waals surface area contributed by atoms with Gasteiger partial charge in [-0.05, 0) is 60.4 Å². The topological polar surface area (TPSA) is 54.6 Å². The van der Waals surface area contributed by atoms with Crippen LogP contribution in [0.1, 0.15) is 27.2 Å². The number of nitrogens with one attached hydrogen (secondary N) is 1. The van der Waals surface area contributed by atoms with Crippen LogP contribution in [-0.4, -0.2) is 36.6 Å². The zero-order chi connectivity index (χ0) is 19.1. The molecule has 0 atom stereocenters. The summed E-state index contributed by atoms with van der Waals surface area (Å²) in [5.74, 6) is 0.966. The second-order valence-electron chi connectivity index (χ2n) is 6.77. The number of carbonyl (C=O) groups is 1. The van der Waals surface area contributed by atoms with E-state index in [2.05, 4.69) is 4.98 Å². The average Bonchev–Trinajstić information content (AvgIpc) is 3.01. The number of nitrogens with zero attached hydrogens (tertiary/aromatic N) is 1. The number of hydrogen-bond acceptors (Lipinski definition) is 3. The predicted octanol–water partition coefficient (Wildman–Crippen LogP) is 3.83. The second kappa shape index (κ2) is 6.61. The van der Waals surface area contributed by atoms with E-state index in [1.165, 1.54) is 12.1 Å². The number of rotatable bonds is 3. The van der Waals surface area contributed by atoms with Gasteiger partial charge in [-0.1, -0.05) is 0 Å². The Morgan fingerprint density at radius 2 is 1.81 bits per heavy atom. The molecule has 1 amide bonds. The summed E-state index contributed by atoms with van der Waals surface area (Å²) in [6.07, 6.45) is 0.745. The number of halogens is 1. The lowest BCUT2D eigenvalue weighted by molar-refractivity contribution is 0.0728. The standard InChI is InChI=1S/C21H21FN2O3/c1-12-16-10-15(22)4-5-17(16)23-20(12)21(25)24-7-6-13-8-18(26-2)19(27-3)9-14(13)11-24/h4-5,8-10,23H,6-7,11H2,1-3H3. The molecule has 27 heavy (non-hydrogen) atoms. The number of aromatic amines is 1. The van der Waals surface area contributed by atoms with Gasteiger partial charge in [0.1, 0.15) is 11.5 Å². The van der Waals surface area contributed by atoms with Crippen molar-refractivity contribution < 1.29 is 18.7 Å². The van der Waals surface area contributed by atoms with Gasteiger partial charge in [-0.3, -0.25) is 4.79 Å². The van der Waals surface area contributed by atoms with E-state index in [0.717, 1.165) is 34.0 Å². The molecule has 0 unspecified atom stereocenters. The van der Waals surface area contributed by atoms with Crippen LogP contribution in [0.4, 0.5) is 4.39 Å². The van der Waals surface area contributed by atoms with Crippen molar-refractivity contribution in [2.75, 3.05) is 20.8 Å². The molecule has 3 aromatic rings. The summed E-state index contributed by atoms with van der Waals surface area (Å²) < 4.78 is 24.3. The highest BCUT2D eigenvalue weighted by molar-refractivity contribution is 6.01. The Bertz CT molecular complexity index is 1040. The fourth-order valence-electron chi connectivity index (χ4n) is 3.73. The van der Waals surface area contributed by atoms with Gasteiger partial charge in [0.05, 0.1) is 14.2 Å². The molecule has 0 fully saturated rings. The number of aryl methyl sites for hydroxylation is 1. The molecule has 140 valence electrons. The molecular formula is C21H21FN2O3. The van der Waals surface area contributed by atoms with Crippen molar-refractivity contribution in [1.82, 2.24) is 9.88 Å². The molecule has 0 saturated heterocycles. The fourth-order valence-corrected chi connectivity index (χ4v) is 3.73. The SMILES string of the molecule is COc1cc2c(cc1OC)CN(C(=O)c1[nH]c3ccc(F)cc3c1C)CC2. The molecule has 2 heterocycles. The zero-order valence-electron chi connectivity index (χ0n) is 15.6. The number of benzene rings is 2. The number of amides is 1. The van der Waals surface area contributed by atoms with Crippen LogP contribution in [0.2, 0.25) is 0 Å². The van der Waals surface area contributed by atoms with Gasteiger partial charge in [0.15, 0.2) is 11.5 Å². The molecule has 1 aliphatic rings. The van der Waals surface area contributed by atoms with Crippen molar-refractivity contribution in [3.63, 3.8) is 0 Å². The maximum absolute atomic E-state index is 13.5. The molecular weight excluding hydrogens is 347 g/mol. The van der Waals surface area contributed by atoms with Gasteiger partial charge in [-0.25, -0.2) is 4.39 Å². The van der Waals surface area contributed by atoms with E-state index < -0.39 is 0 Å². The van der Waals surface area contributed by atoms with Crippen LogP contribution in [-0.2, 0) is 13.0 Å². The smallest absolute Gasteiger partial charge is 0.270 e. The normalized spacial score (nSPS) is 13.6. The molecule has 5 nitrogen and oxygen atoms in total. The Morgan fingerprint density at radius 3 is 2.52 bits per heavy atom.